The molecule has 0 saturated heterocycles. The Morgan fingerprint density at radius 3 is 2.18 bits per heavy atom. The van der Waals surface area contributed by atoms with Crippen LogP contribution in [0.15, 0.2) is 30.3 Å². The molecule has 0 spiro atoms. The minimum atomic E-state index is -1.99. The minimum Gasteiger partial charge on any atom is -0.466 e. The van der Waals surface area contributed by atoms with Gasteiger partial charge in [0.25, 0.3) is 0 Å². The highest BCUT2D eigenvalue weighted by Gasteiger charge is 2.41. The van der Waals surface area contributed by atoms with E-state index in [2.05, 4.69) is 33.9 Å². The Kier molecular flexibility index (Phi) is 6.38. The fourth-order valence-corrected chi connectivity index (χ4v) is 3.32. The first-order valence-electron chi connectivity index (χ1n) is 7.99. The molecule has 0 aliphatic heterocycles. The number of carbonyl (C=O) groups is 1. The highest BCUT2D eigenvalue weighted by Crippen LogP contribution is 2.41. The van der Waals surface area contributed by atoms with Gasteiger partial charge in [0.2, 0.25) is 0 Å². The van der Waals surface area contributed by atoms with Gasteiger partial charge in [-0.2, -0.15) is 0 Å². The third-order valence-corrected chi connectivity index (χ3v) is 8.92. The van der Waals surface area contributed by atoms with Crippen LogP contribution >= 0.6 is 0 Å². The molecule has 1 aromatic carbocycles. The van der Waals surface area contributed by atoms with Crippen LogP contribution in [0.25, 0.3) is 0 Å². The molecule has 0 unspecified atom stereocenters. The average Bonchev–Trinajstić information content (AvgIpc) is 2.44. The fourth-order valence-electron chi connectivity index (χ4n) is 1.99. The molecule has 124 valence electrons. The lowest BCUT2D eigenvalue weighted by molar-refractivity contribution is -0.151. The average molecular weight is 323 g/mol. The zero-order chi connectivity index (χ0) is 17.0. The van der Waals surface area contributed by atoms with Gasteiger partial charge in [0, 0.05) is 0 Å². The van der Waals surface area contributed by atoms with E-state index in [9.17, 15) is 4.79 Å². The fraction of sp³-hybridized carbons (Fsp3) is 0.611. The summed E-state index contributed by atoms with van der Waals surface area (Å²) >= 11 is 0. The third kappa shape index (κ3) is 4.68. The Morgan fingerprint density at radius 2 is 1.73 bits per heavy atom. The van der Waals surface area contributed by atoms with Crippen LogP contribution in [-0.4, -0.2) is 20.9 Å². The molecule has 0 amide bonds. The van der Waals surface area contributed by atoms with Crippen molar-refractivity contribution < 1.29 is 14.0 Å². The summed E-state index contributed by atoms with van der Waals surface area (Å²) in [5.74, 6) is -0.522. The van der Waals surface area contributed by atoms with Crippen LogP contribution in [0.4, 0.5) is 0 Å². The van der Waals surface area contributed by atoms with Crippen LogP contribution in [0.5, 0.6) is 0 Å². The summed E-state index contributed by atoms with van der Waals surface area (Å²) in [6.07, 6.45) is -0.263. The SMILES string of the molecule is CCOC(=O)[C@@H](C)[C@H](O[Si](C)(C)C(C)(C)C)c1ccccc1. The van der Waals surface area contributed by atoms with Gasteiger partial charge in [-0.1, -0.05) is 51.1 Å². The number of hydrogen-bond donors (Lipinski definition) is 0. The lowest BCUT2D eigenvalue weighted by atomic mass is 9.98. The molecular weight excluding hydrogens is 292 g/mol. The van der Waals surface area contributed by atoms with Crippen molar-refractivity contribution in [2.24, 2.45) is 5.92 Å². The highest BCUT2D eigenvalue weighted by molar-refractivity contribution is 6.74. The van der Waals surface area contributed by atoms with E-state index >= 15 is 0 Å². The summed E-state index contributed by atoms with van der Waals surface area (Å²) in [6.45, 7) is 15.1. The number of esters is 1. The van der Waals surface area contributed by atoms with Gasteiger partial charge in [-0.15, -0.1) is 0 Å². The Balaban J connectivity index is 3.11. The van der Waals surface area contributed by atoms with Crippen LogP contribution in [0, 0.1) is 5.92 Å². The van der Waals surface area contributed by atoms with E-state index < -0.39 is 8.32 Å². The highest BCUT2D eigenvalue weighted by atomic mass is 28.4. The molecular formula is C18H30O3Si. The molecule has 0 aromatic heterocycles. The van der Waals surface area contributed by atoms with Crippen molar-refractivity contribution in [2.75, 3.05) is 6.61 Å². The molecule has 0 saturated carbocycles. The second-order valence-corrected chi connectivity index (χ2v) is 12.0. The lowest BCUT2D eigenvalue weighted by Crippen LogP contribution is -2.43. The topological polar surface area (TPSA) is 35.5 Å². The summed E-state index contributed by atoms with van der Waals surface area (Å²) in [6, 6.07) is 9.98. The quantitative estimate of drug-likeness (QED) is 0.549. The largest absolute Gasteiger partial charge is 0.466 e. The van der Waals surface area contributed by atoms with E-state index in [1.807, 2.05) is 44.2 Å². The molecule has 4 heteroatoms. The Morgan fingerprint density at radius 1 is 1.18 bits per heavy atom. The van der Waals surface area contributed by atoms with Crippen molar-refractivity contribution in [3.8, 4) is 0 Å². The molecule has 0 radical (unpaired) electrons. The van der Waals surface area contributed by atoms with E-state index in [1.54, 1.807) is 0 Å². The van der Waals surface area contributed by atoms with Gasteiger partial charge >= 0.3 is 5.97 Å². The van der Waals surface area contributed by atoms with Gasteiger partial charge in [0.1, 0.15) is 0 Å². The van der Waals surface area contributed by atoms with Gasteiger partial charge in [-0.05, 0) is 37.5 Å². The summed E-state index contributed by atoms with van der Waals surface area (Å²) in [5, 5.41) is 0.0917. The smallest absolute Gasteiger partial charge is 0.311 e. The normalized spacial score (nSPS) is 15.2. The first kappa shape index (κ1) is 18.9. The van der Waals surface area contributed by atoms with Crippen molar-refractivity contribution in [3.63, 3.8) is 0 Å². The second kappa shape index (κ2) is 7.42. The Hall–Kier alpha value is -1.13. The van der Waals surface area contributed by atoms with Crippen LogP contribution in [0.2, 0.25) is 18.1 Å². The molecule has 0 aliphatic carbocycles. The summed E-state index contributed by atoms with van der Waals surface area (Å²) in [5.41, 5.74) is 1.04. The number of benzene rings is 1. The second-order valence-electron chi connectivity index (χ2n) is 7.25. The van der Waals surface area contributed by atoms with E-state index in [-0.39, 0.29) is 23.0 Å². The standard InChI is InChI=1S/C18H30O3Si/c1-8-20-17(19)14(2)16(15-12-10-9-11-13-15)21-22(6,7)18(3,4)5/h9-14,16H,8H2,1-7H3/t14-,16-/m0/s1. The summed E-state index contributed by atoms with van der Waals surface area (Å²) < 4.78 is 11.8. The zero-order valence-corrected chi connectivity index (χ0v) is 16.0. The summed E-state index contributed by atoms with van der Waals surface area (Å²) in [7, 11) is -1.99. The first-order valence-corrected chi connectivity index (χ1v) is 10.9. The number of carbonyl (C=O) groups excluding carboxylic acids is 1. The molecule has 3 nitrogen and oxygen atoms in total. The zero-order valence-electron chi connectivity index (χ0n) is 15.0. The van der Waals surface area contributed by atoms with Crippen LogP contribution in [0.3, 0.4) is 0 Å². The molecule has 1 rings (SSSR count). The van der Waals surface area contributed by atoms with Crippen molar-refractivity contribution in [1.82, 2.24) is 0 Å². The molecule has 0 N–H and O–H groups in total. The first-order chi connectivity index (χ1) is 10.1. The predicted octanol–water partition coefficient (Wildman–Crippen LogP) is 4.95. The van der Waals surface area contributed by atoms with E-state index in [0.29, 0.717) is 6.61 Å². The monoisotopic (exact) mass is 322 g/mol. The Bertz CT molecular complexity index is 477. The van der Waals surface area contributed by atoms with Crippen LogP contribution in [0.1, 0.15) is 46.3 Å². The van der Waals surface area contributed by atoms with Crippen molar-refractivity contribution in [1.29, 1.82) is 0 Å². The molecule has 22 heavy (non-hydrogen) atoms. The molecule has 0 fully saturated rings. The molecule has 2 atom stereocenters. The van der Waals surface area contributed by atoms with Crippen LogP contribution < -0.4 is 0 Å². The van der Waals surface area contributed by atoms with E-state index in [1.165, 1.54) is 0 Å². The number of hydrogen-bond acceptors (Lipinski definition) is 3. The number of rotatable bonds is 6. The maximum atomic E-state index is 12.2. The van der Waals surface area contributed by atoms with Gasteiger partial charge in [0.05, 0.1) is 18.6 Å². The number of ether oxygens (including phenoxy) is 1. The summed E-state index contributed by atoms with van der Waals surface area (Å²) in [4.78, 5) is 12.2. The van der Waals surface area contributed by atoms with Gasteiger partial charge < -0.3 is 9.16 Å². The van der Waals surface area contributed by atoms with Crippen molar-refractivity contribution in [3.05, 3.63) is 35.9 Å². The minimum absolute atomic E-state index is 0.0917. The maximum absolute atomic E-state index is 12.2. The molecule has 0 aliphatic rings. The lowest BCUT2D eigenvalue weighted by Gasteiger charge is -2.40. The van der Waals surface area contributed by atoms with Crippen LogP contribution in [-0.2, 0) is 14.0 Å². The van der Waals surface area contributed by atoms with Gasteiger partial charge in [-0.25, -0.2) is 0 Å². The van der Waals surface area contributed by atoms with E-state index in [0.717, 1.165) is 5.56 Å². The third-order valence-electron chi connectivity index (χ3n) is 4.47. The Labute approximate surface area is 136 Å². The van der Waals surface area contributed by atoms with Crippen molar-refractivity contribution in [2.45, 2.75) is 58.9 Å². The van der Waals surface area contributed by atoms with Crippen molar-refractivity contribution >= 4 is 14.3 Å². The molecule has 1 aromatic rings. The predicted molar refractivity (Wildman–Crippen MR) is 93.3 cm³/mol. The maximum Gasteiger partial charge on any atom is 0.311 e. The van der Waals surface area contributed by atoms with Gasteiger partial charge in [-0.3, -0.25) is 4.79 Å². The molecule has 0 bridgehead atoms. The van der Waals surface area contributed by atoms with Gasteiger partial charge in [0.15, 0.2) is 8.32 Å². The van der Waals surface area contributed by atoms with E-state index in [4.69, 9.17) is 9.16 Å². The molecule has 0 heterocycles.